The third-order valence-corrected chi connectivity index (χ3v) is 4.94. The molecular formula is C20H24N6O. The van der Waals surface area contributed by atoms with Gasteiger partial charge in [-0.1, -0.05) is 12.1 Å². The lowest BCUT2D eigenvalue weighted by atomic mass is 9.97. The minimum atomic E-state index is 0.528. The maximum atomic E-state index is 5.33. The van der Waals surface area contributed by atoms with Crippen LogP contribution in [-0.2, 0) is 13.1 Å². The molecule has 4 rings (SSSR count). The van der Waals surface area contributed by atoms with Gasteiger partial charge >= 0.3 is 0 Å². The number of hydrogen-bond acceptors (Lipinski definition) is 6. The van der Waals surface area contributed by atoms with Crippen LogP contribution in [0.15, 0.2) is 48.8 Å². The minimum absolute atomic E-state index is 0.528. The zero-order chi connectivity index (χ0) is 18.5. The van der Waals surface area contributed by atoms with Crippen molar-refractivity contribution in [2.45, 2.75) is 25.9 Å². The van der Waals surface area contributed by atoms with Gasteiger partial charge in [0.1, 0.15) is 5.75 Å². The summed E-state index contributed by atoms with van der Waals surface area (Å²) in [5.41, 5.74) is 2.18. The van der Waals surface area contributed by atoms with Gasteiger partial charge in [0.05, 0.1) is 13.7 Å². The lowest BCUT2D eigenvalue weighted by Crippen LogP contribution is -2.36. The standard InChI is InChI=1S/C20H24N6O/c1-27-19-8-2-5-16(11-19)13-25-10-4-6-17(14-25)15-26-23-20(22-24-26)18-7-3-9-21-12-18/h2-3,5,7-9,11-12,17H,4,6,10,13-15H2,1H3/t17-/m0/s1. The third kappa shape index (κ3) is 4.49. The quantitative estimate of drug-likeness (QED) is 0.670. The number of ether oxygens (including phenoxy) is 1. The van der Waals surface area contributed by atoms with Crippen LogP contribution >= 0.6 is 0 Å². The van der Waals surface area contributed by atoms with Crippen molar-refractivity contribution in [1.82, 2.24) is 30.1 Å². The Hall–Kier alpha value is -2.80. The van der Waals surface area contributed by atoms with E-state index in [2.05, 4.69) is 43.5 Å². The van der Waals surface area contributed by atoms with Gasteiger partial charge in [0, 0.05) is 31.0 Å². The highest BCUT2D eigenvalue weighted by atomic mass is 16.5. The van der Waals surface area contributed by atoms with Crippen molar-refractivity contribution in [3.05, 3.63) is 54.4 Å². The molecule has 1 aliphatic heterocycles. The first kappa shape index (κ1) is 17.6. The summed E-state index contributed by atoms with van der Waals surface area (Å²) in [6.07, 6.45) is 5.89. The van der Waals surface area contributed by atoms with Crippen LogP contribution in [0.1, 0.15) is 18.4 Å². The van der Waals surface area contributed by atoms with Gasteiger partial charge in [-0.15, -0.1) is 10.2 Å². The second-order valence-electron chi connectivity index (χ2n) is 7.00. The normalized spacial score (nSPS) is 17.7. The summed E-state index contributed by atoms with van der Waals surface area (Å²) in [7, 11) is 1.71. The maximum Gasteiger partial charge on any atom is 0.206 e. The Morgan fingerprint density at radius 1 is 1.22 bits per heavy atom. The Bertz CT molecular complexity index is 866. The van der Waals surface area contributed by atoms with Gasteiger partial charge < -0.3 is 4.74 Å². The summed E-state index contributed by atoms with van der Waals surface area (Å²) in [4.78, 5) is 8.34. The largest absolute Gasteiger partial charge is 0.497 e. The monoisotopic (exact) mass is 364 g/mol. The second kappa shape index (κ2) is 8.26. The van der Waals surface area contributed by atoms with E-state index >= 15 is 0 Å². The van der Waals surface area contributed by atoms with E-state index < -0.39 is 0 Å². The summed E-state index contributed by atoms with van der Waals surface area (Å²) < 4.78 is 5.33. The van der Waals surface area contributed by atoms with Crippen molar-refractivity contribution in [3.63, 3.8) is 0 Å². The average molecular weight is 364 g/mol. The lowest BCUT2D eigenvalue weighted by molar-refractivity contribution is 0.149. The highest BCUT2D eigenvalue weighted by Crippen LogP contribution is 2.21. The van der Waals surface area contributed by atoms with Crippen molar-refractivity contribution in [2.75, 3.05) is 20.2 Å². The zero-order valence-electron chi connectivity index (χ0n) is 15.5. The van der Waals surface area contributed by atoms with Gasteiger partial charge in [-0.25, -0.2) is 0 Å². The average Bonchev–Trinajstić information content (AvgIpc) is 3.17. The number of methoxy groups -OCH3 is 1. The van der Waals surface area contributed by atoms with Gasteiger partial charge in [-0.2, -0.15) is 4.80 Å². The number of piperidine rings is 1. The number of hydrogen-bond donors (Lipinski definition) is 0. The molecule has 0 unspecified atom stereocenters. The van der Waals surface area contributed by atoms with Crippen LogP contribution in [0, 0.1) is 5.92 Å². The molecule has 0 bridgehead atoms. The highest BCUT2D eigenvalue weighted by Gasteiger charge is 2.21. The zero-order valence-corrected chi connectivity index (χ0v) is 15.5. The molecule has 1 aliphatic rings. The van der Waals surface area contributed by atoms with E-state index in [1.54, 1.807) is 24.3 Å². The van der Waals surface area contributed by atoms with Crippen LogP contribution in [0.4, 0.5) is 0 Å². The van der Waals surface area contributed by atoms with Gasteiger partial charge in [0.2, 0.25) is 5.82 Å². The summed E-state index contributed by atoms with van der Waals surface area (Å²) >= 11 is 0. The van der Waals surface area contributed by atoms with Crippen molar-refractivity contribution < 1.29 is 4.74 Å². The molecule has 1 atom stereocenters. The van der Waals surface area contributed by atoms with Gasteiger partial charge in [0.25, 0.3) is 0 Å². The van der Waals surface area contributed by atoms with Gasteiger partial charge in [0.15, 0.2) is 0 Å². The SMILES string of the molecule is COc1cccc(CN2CCC[C@H](Cn3nnc(-c4cccnc4)n3)C2)c1. The molecule has 3 heterocycles. The highest BCUT2D eigenvalue weighted by molar-refractivity contribution is 5.51. The van der Waals surface area contributed by atoms with Crippen molar-refractivity contribution >= 4 is 0 Å². The van der Waals surface area contributed by atoms with E-state index in [4.69, 9.17) is 4.74 Å². The molecule has 0 aliphatic carbocycles. The molecule has 0 N–H and O–H groups in total. The van der Waals surface area contributed by atoms with Crippen LogP contribution < -0.4 is 4.74 Å². The second-order valence-corrected chi connectivity index (χ2v) is 7.00. The predicted octanol–water partition coefficient (Wildman–Crippen LogP) is 2.66. The first-order valence-electron chi connectivity index (χ1n) is 9.33. The molecule has 27 heavy (non-hydrogen) atoms. The van der Waals surface area contributed by atoms with Crippen LogP contribution in [0.2, 0.25) is 0 Å². The summed E-state index contributed by atoms with van der Waals surface area (Å²) in [6, 6.07) is 12.1. The molecule has 1 aromatic carbocycles. The molecule has 1 saturated heterocycles. The first-order chi connectivity index (χ1) is 13.3. The molecule has 7 heteroatoms. The Labute approximate surface area is 159 Å². The Balaban J connectivity index is 1.36. The van der Waals surface area contributed by atoms with Crippen LogP contribution in [-0.4, -0.2) is 50.3 Å². The van der Waals surface area contributed by atoms with Crippen molar-refractivity contribution in [3.8, 4) is 17.1 Å². The topological polar surface area (TPSA) is 69.0 Å². The molecule has 0 amide bonds. The fourth-order valence-electron chi connectivity index (χ4n) is 3.64. The van der Waals surface area contributed by atoms with E-state index in [0.717, 1.165) is 37.5 Å². The summed E-state index contributed by atoms with van der Waals surface area (Å²) in [5.74, 6) is 2.07. The van der Waals surface area contributed by atoms with Crippen LogP contribution in [0.3, 0.4) is 0 Å². The van der Waals surface area contributed by atoms with Crippen LogP contribution in [0.25, 0.3) is 11.4 Å². The van der Waals surface area contributed by atoms with Crippen LogP contribution in [0.5, 0.6) is 5.75 Å². The summed E-state index contributed by atoms with van der Waals surface area (Å²) in [5, 5.41) is 12.9. The lowest BCUT2D eigenvalue weighted by Gasteiger charge is -2.32. The summed E-state index contributed by atoms with van der Waals surface area (Å²) in [6.45, 7) is 3.90. The molecule has 3 aromatic rings. The fourth-order valence-corrected chi connectivity index (χ4v) is 3.64. The minimum Gasteiger partial charge on any atom is -0.497 e. The van der Waals surface area contributed by atoms with E-state index in [1.165, 1.54) is 18.4 Å². The van der Waals surface area contributed by atoms with Gasteiger partial charge in [-0.05, 0) is 60.3 Å². The number of rotatable bonds is 6. The molecule has 140 valence electrons. The molecule has 1 fully saturated rings. The third-order valence-electron chi connectivity index (χ3n) is 4.94. The number of likely N-dealkylation sites (tertiary alicyclic amines) is 1. The molecule has 7 nitrogen and oxygen atoms in total. The number of benzene rings is 1. The molecule has 2 aromatic heterocycles. The van der Waals surface area contributed by atoms with E-state index in [-0.39, 0.29) is 0 Å². The smallest absolute Gasteiger partial charge is 0.206 e. The molecule has 0 spiro atoms. The van der Waals surface area contributed by atoms with Gasteiger partial charge in [-0.3, -0.25) is 9.88 Å². The molecular weight excluding hydrogens is 340 g/mol. The van der Waals surface area contributed by atoms with E-state index in [0.29, 0.717) is 11.7 Å². The van der Waals surface area contributed by atoms with E-state index in [1.807, 2.05) is 18.2 Å². The number of nitrogens with zero attached hydrogens (tertiary/aromatic N) is 6. The Kier molecular flexibility index (Phi) is 5.39. The van der Waals surface area contributed by atoms with Crippen molar-refractivity contribution in [2.24, 2.45) is 5.92 Å². The van der Waals surface area contributed by atoms with E-state index in [9.17, 15) is 0 Å². The Morgan fingerprint density at radius 2 is 2.19 bits per heavy atom. The first-order valence-corrected chi connectivity index (χ1v) is 9.33. The predicted molar refractivity (Wildman–Crippen MR) is 102 cm³/mol. The fraction of sp³-hybridized carbons (Fsp3) is 0.400. The number of tetrazole rings is 1. The number of aromatic nitrogens is 5. The number of pyridine rings is 1. The maximum absolute atomic E-state index is 5.33. The van der Waals surface area contributed by atoms with Crippen molar-refractivity contribution in [1.29, 1.82) is 0 Å². The molecule has 0 radical (unpaired) electrons. The Morgan fingerprint density at radius 3 is 3.04 bits per heavy atom. The molecule has 0 saturated carbocycles.